The molecule has 7 aliphatic heterocycles. The van der Waals surface area contributed by atoms with Gasteiger partial charge in [0, 0.05) is 69.6 Å². The van der Waals surface area contributed by atoms with Crippen molar-refractivity contribution >= 4 is 240 Å². The van der Waals surface area contributed by atoms with Gasteiger partial charge in [-0.2, -0.15) is 0 Å². The van der Waals surface area contributed by atoms with E-state index >= 15 is 0 Å². The summed E-state index contributed by atoms with van der Waals surface area (Å²) >= 11 is 77.6. The maximum Gasteiger partial charge on any atom is 0.204 e. The summed E-state index contributed by atoms with van der Waals surface area (Å²) in [6.07, 6.45) is 1.93. The number of nitrogens with one attached hydrogen (secondary N) is 16. The van der Waals surface area contributed by atoms with Gasteiger partial charge in [0.2, 0.25) is 17.9 Å². The Labute approximate surface area is 853 Å². The van der Waals surface area contributed by atoms with Crippen LogP contribution in [0.1, 0.15) is 90.1 Å². The molecule has 0 saturated heterocycles. The molecule has 135 heavy (non-hydrogen) atoms. The first kappa shape index (κ1) is 110. The monoisotopic (exact) mass is 2100 g/mol. The van der Waals surface area contributed by atoms with E-state index in [2.05, 4.69) is 164 Å². The molecule has 7 aliphatic rings. The number of anilines is 2. The fourth-order valence-electron chi connectivity index (χ4n) is 12.0. The van der Waals surface area contributed by atoms with Crippen molar-refractivity contribution in [1.82, 2.24) is 89.1 Å². The van der Waals surface area contributed by atoms with Gasteiger partial charge in [-0.15, -0.1) is 0 Å². The number of nitrogens with two attached hydrogens (primary N) is 3. The number of benzene rings is 7. The van der Waals surface area contributed by atoms with Crippen LogP contribution < -0.4 is 102 Å². The van der Waals surface area contributed by atoms with Gasteiger partial charge in [-0.3, -0.25) is 57.1 Å². The standard InChI is InChI=1S/C15H21Cl2N5.C14H19Cl2N5.C13H17Cl2N5.C12H14Cl3N5.C12H17Cl2N5.C11H14ClN5.C10H12ClN5/c1-9(2)19-15-21-10(3)20-14(22-15)18-7-6-11-4-5-12(16)13(17)8-11;1-9-18-13(20-14(19-9)21(2)3)17-7-6-10-4-5-11(15)12(16)8-10;1-8-17-12(19-13(18-8)20(2)3)16-7-9-4-5-10(14)11(15)6-9;1-6-18-11(16)20-12(19-6)17-3-2-7-4-9(14)10(15)5-8(7)13;1-7-15-11(18-12(16-7)19(2)3)17-8-4-5-9(13)10(14)6-8;1-7-15-10(13)17-11(16-7)14-6-8-4-2-3-5-9(8)12;1-6-13-9(12)16-10(14-6)15-8-5-3-2-4-7(8)11/h4-5,8-10H,6-7H2,1-3H3,(H3,18,19,20,21,22);4-5,8-9H,6-7H2,1-3H3,(H2,17,18,19,20);4-6,8H,7H2,1-3H3,(H2,16,17,18,19);4-6H,2-3H2,1H3,(H4,16,17,18,19,20);4-7,12,16H,1-3H3,(H2,15,17,18);2-5,7H,6H2,1H3,(H4,13,14,15,16,17);2-6H,1H3,(H4,12,13,14,15,16). The van der Waals surface area contributed by atoms with E-state index in [1.54, 1.807) is 36.4 Å². The second-order valence-corrected chi connectivity index (χ2v) is 36.4. The molecule has 0 aliphatic carbocycles. The van der Waals surface area contributed by atoms with Crippen LogP contribution in [-0.4, -0.2) is 210 Å². The summed E-state index contributed by atoms with van der Waals surface area (Å²) in [5, 5.41) is 56.9. The van der Waals surface area contributed by atoms with E-state index in [-0.39, 0.29) is 49.5 Å². The number of halogens is 13. The average Bonchev–Trinajstić information content (AvgIpc) is 0.855. The first-order valence-corrected chi connectivity index (χ1v) is 47.3. The molecule has 8 atom stereocenters. The number of guanidine groups is 13. The van der Waals surface area contributed by atoms with E-state index in [4.69, 9.17) is 168 Å². The van der Waals surface area contributed by atoms with Crippen LogP contribution >= 0.6 is 151 Å². The molecular weight excluding hydrogens is 2000 g/mol. The van der Waals surface area contributed by atoms with Gasteiger partial charge in [0.15, 0.2) is 65.9 Å². The molecule has 7 heterocycles. The number of hydrogen-bond acceptors (Lipinski definition) is 25. The van der Waals surface area contributed by atoms with Crippen LogP contribution in [0.4, 0.5) is 11.4 Å². The van der Waals surface area contributed by atoms with Crippen molar-refractivity contribution in [3.63, 3.8) is 0 Å². The van der Waals surface area contributed by atoms with Gasteiger partial charge in [-0.1, -0.05) is 199 Å². The summed E-state index contributed by atoms with van der Waals surface area (Å²) in [7, 11) is 11.7. The zero-order chi connectivity index (χ0) is 98.7. The van der Waals surface area contributed by atoms with Crippen molar-refractivity contribution in [1.29, 1.82) is 0 Å². The normalized spacial score (nSPS) is 20.5. The van der Waals surface area contributed by atoms with Gasteiger partial charge in [-0.25, -0.2) is 49.9 Å². The molecule has 0 aromatic heterocycles. The van der Waals surface area contributed by atoms with Crippen LogP contribution in [0, 0.1) is 0 Å². The third kappa shape index (κ3) is 39.5. The molecule has 0 radical (unpaired) electrons. The summed E-state index contributed by atoms with van der Waals surface area (Å²) in [6, 6.07) is 40.9. The SMILES string of the molecule is CC(C)NC1=NC(C)NC(=NCCc2ccc(Cl)c(Cl)c2)N1.CC1N=C(N(C)C)NC(=NCCc2ccc(Cl)c(Cl)c2)N1.CC1N=C(N(C)C)NC(=NCc2ccc(Cl)c(Cl)c2)N1.CC1N=C(N)NC(=NCCc2cc(Cl)c(Cl)cc2Cl)N1.CC1N=C(N)NC(=NCc2ccccc2Cl)N1.CC1N=C(N)NC(Nc2ccccc2Cl)=N1.CC1NC(Nc2ccc(Cl)c(Cl)c2)=NC(N(C)C)N1. The zero-order valence-electron chi connectivity index (χ0n) is 76.9. The first-order chi connectivity index (χ1) is 64.0. The second-order valence-electron chi connectivity index (χ2n) is 31.1. The third-order valence-electron chi connectivity index (χ3n) is 18.3. The molecule has 0 fully saturated rings. The molecule has 48 heteroatoms. The van der Waals surface area contributed by atoms with Gasteiger partial charge >= 0.3 is 0 Å². The highest BCUT2D eigenvalue weighted by atomic mass is 35.5. The quantitative estimate of drug-likeness (QED) is 0.0377. The van der Waals surface area contributed by atoms with Crippen LogP contribution in [0.25, 0.3) is 0 Å². The molecule has 728 valence electrons. The number of rotatable bonds is 17. The predicted molar refractivity (Wildman–Crippen MR) is 570 cm³/mol. The Morgan fingerprint density at radius 2 is 0.778 bits per heavy atom. The van der Waals surface area contributed by atoms with Crippen LogP contribution in [0.3, 0.4) is 0 Å². The average molecular weight is 2110 g/mol. The van der Waals surface area contributed by atoms with Crippen LogP contribution in [0.2, 0.25) is 65.3 Å². The molecule has 0 bridgehead atoms. The minimum Gasteiger partial charge on any atom is -0.370 e. The van der Waals surface area contributed by atoms with E-state index < -0.39 is 0 Å². The molecule has 8 unspecified atom stereocenters. The molecule has 0 spiro atoms. The van der Waals surface area contributed by atoms with Crippen molar-refractivity contribution in [2.75, 3.05) is 72.6 Å². The lowest BCUT2D eigenvalue weighted by molar-refractivity contribution is 0.220. The van der Waals surface area contributed by atoms with Gasteiger partial charge < -0.3 is 74.9 Å². The fourth-order valence-corrected chi connectivity index (χ4v) is 14.3. The Kier molecular flexibility index (Phi) is 45.2. The zero-order valence-corrected chi connectivity index (χ0v) is 86.7. The largest absolute Gasteiger partial charge is 0.370 e. The van der Waals surface area contributed by atoms with Crippen LogP contribution in [0.5, 0.6) is 0 Å². The summed E-state index contributed by atoms with van der Waals surface area (Å²) in [5.41, 5.74) is 23.5. The molecule has 0 saturated carbocycles. The molecule has 0 amide bonds. The van der Waals surface area contributed by atoms with E-state index in [1.807, 2.05) is 203 Å². The highest BCUT2D eigenvalue weighted by Crippen LogP contribution is 2.31. The summed E-state index contributed by atoms with van der Waals surface area (Å²) in [6.45, 7) is 20.6. The number of nitrogens with zero attached hydrogens (tertiary/aromatic N) is 16. The van der Waals surface area contributed by atoms with Gasteiger partial charge in [-0.05, 0) is 208 Å². The van der Waals surface area contributed by atoms with Crippen molar-refractivity contribution < 1.29 is 0 Å². The summed E-state index contributed by atoms with van der Waals surface area (Å²) in [5.74, 6) is 8.01. The number of hydrogen-bond donors (Lipinski definition) is 19. The summed E-state index contributed by atoms with van der Waals surface area (Å²) in [4.78, 5) is 62.3. The fraction of sp³-hybridized carbons (Fsp3) is 0.368. The molecule has 35 nitrogen and oxygen atoms in total. The Bertz CT molecular complexity index is 5560. The molecule has 22 N–H and O–H groups in total. The van der Waals surface area contributed by atoms with E-state index in [9.17, 15) is 0 Å². The van der Waals surface area contributed by atoms with E-state index in [0.717, 1.165) is 81.8 Å². The summed E-state index contributed by atoms with van der Waals surface area (Å²) < 4.78 is 0. The van der Waals surface area contributed by atoms with Gasteiger partial charge in [0.1, 0.15) is 37.0 Å². The minimum absolute atomic E-state index is 0.00683. The lowest BCUT2D eigenvalue weighted by Gasteiger charge is -2.32. The Balaban J connectivity index is 0.000000194. The smallest absolute Gasteiger partial charge is 0.204 e. The van der Waals surface area contributed by atoms with Crippen LogP contribution in [-0.2, 0) is 32.4 Å². The van der Waals surface area contributed by atoms with E-state index in [1.165, 1.54) is 0 Å². The lowest BCUT2D eigenvalue weighted by Crippen LogP contribution is -2.58. The highest BCUT2D eigenvalue weighted by Gasteiger charge is 2.24. The topological polar surface area (TPSA) is 441 Å². The van der Waals surface area contributed by atoms with Gasteiger partial charge in [0.05, 0.1) is 80.2 Å². The molecule has 7 aromatic carbocycles. The van der Waals surface area contributed by atoms with Crippen molar-refractivity contribution in [2.45, 2.75) is 150 Å². The minimum atomic E-state index is -0.189. The van der Waals surface area contributed by atoms with Crippen molar-refractivity contribution in [2.24, 2.45) is 82.1 Å². The molecular formula is C87H114Cl13N35. The maximum atomic E-state index is 6.11. The Morgan fingerprint density at radius 1 is 0.348 bits per heavy atom. The second kappa shape index (κ2) is 55.4. The number of para-hydroxylation sites is 1. The highest BCUT2D eigenvalue weighted by molar-refractivity contribution is 6.45. The van der Waals surface area contributed by atoms with Crippen molar-refractivity contribution in [3.8, 4) is 0 Å². The maximum absolute atomic E-state index is 6.11. The number of aliphatic imine (C=N–C) groups is 13. The predicted octanol–water partition coefficient (Wildman–Crippen LogP) is 14.4. The third-order valence-corrected chi connectivity index (χ3v) is 23.0. The molecule has 7 aromatic rings. The van der Waals surface area contributed by atoms with Crippen LogP contribution in [0.15, 0.2) is 198 Å². The lowest BCUT2D eigenvalue weighted by atomic mass is 10.1. The molecule has 14 rings (SSSR count). The van der Waals surface area contributed by atoms with Crippen molar-refractivity contribution in [3.05, 3.63) is 227 Å². The Morgan fingerprint density at radius 3 is 1.27 bits per heavy atom. The van der Waals surface area contributed by atoms with Gasteiger partial charge in [0.25, 0.3) is 0 Å². The first-order valence-electron chi connectivity index (χ1n) is 42.3. The van der Waals surface area contributed by atoms with E-state index in [0.29, 0.717) is 158 Å². The Hall–Kier alpha value is -10.1.